The quantitative estimate of drug-likeness (QED) is 0.737. The Bertz CT molecular complexity index is 768. The molecule has 1 heterocycles. The Morgan fingerprint density at radius 1 is 1.28 bits per heavy atom. The van der Waals surface area contributed by atoms with Crippen LogP contribution in [0.25, 0.3) is 11.0 Å². The second-order valence-electron chi connectivity index (χ2n) is 5.44. The van der Waals surface area contributed by atoms with Gasteiger partial charge in [0.05, 0.1) is 23.7 Å². The van der Waals surface area contributed by atoms with Crippen LogP contribution in [0.2, 0.25) is 0 Å². The molecule has 1 N–H and O–H groups in total. The fourth-order valence-corrected chi connectivity index (χ4v) is 2.58. The molecule has 0 spiro atoms. The number of hydrogen-bond acceptors (Lipinski definition) is 6. The highest BCUT2D eigenvalue weighted by atomic mass is 16.5. The zero-order chi connectivity index (χ0) is 18.2. The molecule has 1 amide bonds. The van der Waals surface area contributed by atoms with Crippen LogP contribution in [-0.2, 0) is 9.53 Å². The molecule has 0 aliphatic carbocycles. The van der Waals surface area contributed by atoms with Crippen LogP contribution in [0.3, 0.4) is 0 Å². The maximum Gasteiger partial charge on any atom is 0.243 e. The van der Waals surface area contributed by atoms with Crippen LogP contribution < -0.4 is 10.2 Å². The molecule has 1 aromatic carbocycles. The van der Waals surface area contributed by atoms with Crippen molar-refractivity contribution >= 4 is 22.8 Å². The van der Waals surface area contributed by atoms with Gasteiger partial charge in [-0.25, -0.2) is 9.97 Å². The molecule has 0 saturated heterocycles. The third kappa shape index (κ3) is 4.22. The average Bonchev–Trinajstić information content (AvgIpc) is 2.63. The Balaban J connectivity index is 2.50. The van der Waals surface area contributed by atoms with Gasteiger partial charge in [-0.3, -0.25) is 4.79 Å². The molecule has 0 fully saturated rings. The Labute approximate surface area is 147 Å². The van der Waals surface area contributed by atoms with Crippen molar-refractivity contribution in [3.8, 4) is 6.07 Å². The summed E-state index contributed by atoms with van der Waals surface area (Å²) in [6.07, 6.45) is 0. The van der Waals surface area contributed by atoms with Crippen molar-refractivity contribution in [3.05, 3.63) is 30.0 Å². The number of fused-ring (bicyclic) bond motifs is 1. The van der Waals surface area contributed by atoms with E-state index in [2.05, 4.69) is 21.4 Å². The first-order chi connectivity index (χ1) is 12.2. The predicted molar refractivity (Wildman–Crippen MR) is 96.3 cm³/mol. The van der Waals surface area contributed by atoms with Crippen LogP contribution in [0, 0.1) is 11.3 Å². The number of para-hydroxylation sites is 2. The molecule has 2 rings (SSSR count). The molecule has 1 atom stereocenters. The number of carbonyl (C=O) groups is 1. The molecule has 0 bridgehead atoms. The van der Waals surface area contributed by atoms with E-state index < -0.39 is 11.8 Å². The van der Waals surface area contributed by atoms with Gasteiger partial charge in [0, 0.05) is 26.7 Å². The van der Waals surface area contributed by atoms with Gasteiger partial charge in [-0.05, 0) is 26.0 Å². The van der Waals surface area contributed by atoms with E-state index in [0.717, 1.165) is 5.52 Å². The molecule has 0 aliphatic heterocycles. The normalized spacial score (nSPS) is 11.8. The number of amides is 1. The summed E-state index contributed by atoms with van der Waals surface area (Å²) >= 11 is 0. The second-order valence-corrected chi connectivity index (χ2v) is 5.44. The van der Waals surface area contributed by atoms with Crippen molar-refractivity contribution in [3.63, 3.8) is 0 Å². The number of carbonyl (C=O) groups excluding carboxylic acids is 1. The Hall–Kier alpha value is -2.72. The minimum Gasteiger partial charge on any atom is -0.383 e. The minimum atomic E-state index is -1.02. The van der Waals surface area contributed by atoms with Gasteiger partial charge in [0.15, 0.2) is 11.7 Å². The third-order valence-electron chi connectivity index (χ3n) is 3.91. The van der Waals surface area contributed by atoms with E-state index >= 15 is 0 Å². The molecule has 2 aromatic rings. The van der Waals surface area contributed by atoms with Crippen LogP contribution >= 0.6 is 0 Å². The number of methoxy groups -OCH3 is 1. The fraction of sp³-hybridized carbons (Fsp3) is 0.444. The molecule has 132 valence electrons. The average molecular weight is 341 g/mol. The van der Waals surface area contributed by atoms with Gasteiger partial charge in [-0.2, -0.15) is 5.26 Å². The number of rotatable bonds is 8. The number of hydrogen-bond donors (Lipinski definition) is 1. The summed E-state index contributed by atoms with van der Waals surface area (Å²) < 4.78 is 4.93. The van der Waals surface area contributed by atoms with Crippen LogP contribution in [0.15, 0.2) is 24.3 Å². The van der Waals surface area contributed by atoms with E-state index in [9.17, 15) is 10.1 Å². The van der Waals surface area contributed by atoms with Crippen LogP contribution in [0.4, 0.5) is 5.82 Å². The topological polar surface area (TPSA) is 91.1 Å². The summed E-state index contributed by atoms with van der Waals surface area (Å²) in [7, 11) is 1.56. The first-order valence-corrected chi connectivity index (χ1v) is 8.34. The SMILES string of the molecule is CCN(CC)c1nc2ccccc2nc1[C@H](C#N)C(=O)NCCOC. The van der Waals surface area contributed by atoms with Crippen molar-refractivity contribution in [2.24, 2.45) is 0 Å². The Morgan fingerprint density at radius 2 is 1.92 bits per heavy atom. The molecule has 1 aromatic heterocycles. The van der Waals surface area contributed by atoms with Gasteiger partial charge in [0.25, 0.3) is 0 Å². The lowest BCUT2D eigenvalue weighted by Crippen LogP contribution is -2.33. The highest BCUT2D eigenvalue weighted by molar-refractivity contribution is 5.88. The van der Waals surface area contributed by atoms with E-state index in [0.29, 0.717) is 43.3 Å². The second kappa shape index (κ2) is 8.94. The standard InChI is InChI=1S/C18H23N5O2/c1-4-23(5-2)17-16(13(12-19)18(24)20-10-11-25-3)21-14-8-6-7-9-15(14)22-17/h6-9,13H,4-5,10-11H2,1-3H3,(H,20,24)/t13-/m0/s1. The molecule has 0 unspecified atom stereocenters. The summed E-state index contributed by atoms with van der Waals surface area (Å²) in [6.45, 7) is 6.15. The Morgan fingerprint density at radius 3 is 2.48 bits per heavy atom. The number of nitrogens with zero attached hydrogens (tertiary/aromatic N) is 4. The van der Waals surface area contributed by atoms with E-state index in [4.69, 9.17) is 4.74 Å². The first-order valence-electron chi connectivity index (χ1n) is 8.34. The largest absolute Gasteiger partial charge is 0.383 e. The van der Waals surface area contributed by atoms with Gasteiger partial charge >= 0.3 is 0 Å². The molecule has 0 aliphatic rings. The van der Waals surface area contributed by atoms with Crippen LogP contribution in [0.1, 0.15) is 25.5 Å². The van der Waals surface area contributed by atoms with E-state index in [1.165, 1.54) is 0 Å². The third-order valence-corrected chi connectivity index (χ3v) is 3.91. The van der Waals surface area contributed by atoms with Crippen LogP contribution in [0.5, 0.6) is 0 Å². The summed E-state index contributed by atoms with van der Waals surface area (Å²) in [5.41, 5.74) is 1.79. The number of benzene rings is 1. The summed E-state index contributed by atoms with van der Waals surface area (Å²) in [6, 6.07) is 9.52. The zero-order valence-electron chi connectivity index (χ0n) is 14.8. The van der Waals surface area contributed by atoms with E-state index in [1.54, 1.807) is 7.11 Å². The van der Waals surface area contributed by atoms with Crippen molar-refractivity contribution in [2.75, 3.05) is 38.3 Å². The zero-order valence-corrected chi connectivity index (χ0v) is 14.8. The molecule has 7 heteroatoms. The smallest absolute Gasteiger partial charge is 0.243 e. The van der Waals surface area contributed by atoms with Crippen molar-refractivity contribution in [1.82, 2.24) is 15.3 Å². The molecule has 0 saturated carbocycles. The molecule has 7 nitrogen and oxygen atoms in total. The van der Waals surface area contributed by atoms with Gasteiger partial charge in [0.2, 0.25) is 5.91 Å². The number of ether oxygens (including phenoxy) is 1. The lowest BCUT2D eigenvalue weighted by atomic mass is 10.0. The fourth-order valence-electron chi connectivity index (χ4n) is 2.58. The number of nitriles is 1. The number of aromatic nitrogens is 2. The monoisotopic (exact) mass is 341 g/mol. The van der Waals surface area contributed by atoms with Gasteiger partial charge in [-0.1, -0.05) is 12.1 Å². The van der Waals surface area contributed by atoms with Crippen molar-refractivity contribution in [2.45, 2.75) is 19.8 Å². The van der Waals surface area contributed by atoms with Crippen molar-refractivity contribution in [1.29, 1.82) is 5.26 Å². The summed E-state index contributed by atoms with van der Waals surface area (Å²) in [5.74, 6) is -0.834. The molecular weight excluding hydrogens is 318 g/mol. The predicted octanol–water partition coefficient (Wildman–Crippen LogP) is 1.85. The Kier molecular flexibility index (Phi) is 6.66. The number of nitrogens with one attached hydrogen (secondary N) is 1. The van der Waals surface area contributed by atoms with E-state index in [1.807, 2.05) is 43.0 Å². The van der Waals surface area contributed by atoms with Crippen molar-refractivity contribution < 1.29 is 9.53 Å². The highest BCUT2D eigenvalue weighted by Gasteiger charge is 2.27. The summed E-state index contributed by atoms with van der Waals surface area (Å²) in [5, 5.41) is 12.3. The molecule has 25 heavy (non-hydrogen) atoms. The number of anilines is 1. The van der Waals surface area contributed by atoms with Gasteiger partial charge < -0.3 is 15.0 Å². The lowest BCUT2D eigenvalue weighted by molar-refractivity contribution is -0.121. The molecule has 0 radical (unpaired) electrons. The molecular formula is C18H23N5O2. The maximum absolute atomic E-state index is 12.5. The first kappa shape index (κ1) is 18.6. The highest BCUT2D eigenvalue weighted by Crippen LogP contribution is 2.27. The summed E-state index contributed by atoms with van der Waals surface area (Å²) in [4.78, 5) is 23.7. The maximum atomic E-state index is 12.5. The minimum absolute atomic E-state index is 0.342. The van der Waals surface area contributed by atoms with Crippen LogP contribution in [-0.4, -0.2) is 49.2 Å². The van der Waals surface area contributed by atoms with Gasteiger partial charge in [-0.15, -0.1) is 0 Å². The lowest BCUT2D eigenvalue weighted by Gasteiger charge is -2.24. The van der Waals surface area contributed by atoms with E-state index in [-0.39, 0.29) is 0 Å². The van der Waals surface area contributed by atoms with Gasteiger partial charge in [0.1, 0.15) is 5.69 Å².